The van der Waals surface area contributed by atoms with Crippen LogP contribution < -0.4 is 5.32 Å². The summed E-state index contributed by atoms with van der Waals surface area (Å²) in [5.41, 5.74) is 3.01. The molecule has 19 heavy (non-hydrogen) atoms. The Labute approximate surface area is 117 Å². The zero-order valence-corrected chi connectivity index (χ0v) is 12.4. The van der Waals surface area contributed by atoms with E-state index in [1.165, 1.54) is 11.1 Å². The maximum Gasteiger partial charge on any atom is 0.0460 e. The summed E-state index contributed by atoms with van der Waals surface area (Å²) in [6, 6.07) is 9.53. The number of aliphatic hydroxyl groups excluding tert-OH is 1. The molecule has 0 amide bonds. The zero-order chi connectivity index (χ0) is 13.9. The summed E-state index contributed by atoms with van der Waals surface area (Å²) < 4.78 is 0. The molecule has 2 heteroatoms. The van der Waals surface area contributed by atoms with Crippen molar-refractivity contribution in [3.8, 4) is 0 Å². The van der Waals surface area contributed by atoms with Gasteiger partial charge in [-0.1, -0.05) is 45.0 Å². The first-order valence-electron chi connectivity index (χ1n) is 7.42. The number of benzene rings is 1. The molecule has 2 rings (SSSR count). The van der Waals surface area contributed by atoms with Crippen LogP contribution in [0.4, 0.5) is 0 Å². The van der Waals surface area contributed by atoms with Crippen LogP contribution in [0.2, 0.25) is 0 Å². The SMILES string of the molecule is CC(C)(C)c1ccc(CC2CC(CO)CCN2)cc1. The Balaban J connectivity index is 1.96. The highest BCUT2D eigenvalue weighted by Crippen LogP contribution is 2.23. The number of piperidine rings is 1. The molecule has 0 radical (unpaired) electrons. The predicted octanol–water partition coefficient (Wildman–Crippen LogP) is 2.89. The fourth-order valence-corrected chi connectivity index (χ4v) is 2.84. The summed E-state index contributed by atoms with van der Waals surface area (Å²) in [5, 5.41) is 12.8. The monoisotopic (exact) mass is 261 g/mol. The Bertz CT molecular complexity index is 391. The zero-order valence-electron chi connectivity index (χ0n) is 12.4. The molecule has 2 nitrogen and oxygen atoms in total. The number of hydrogen-bond acceptors (Lipinski definition) is 2. The summed E-state index contributed by atoms with van der Waals surface area (Å²) in [7, 11) is 0. The van der Waals surface area contributed by atoms with E-state index in [1.54, 1.807) is 0 Å². The third-order valence-electron chi connectivity index (χ3n) is 4.16. The molecule has 0 aromatic heterocycles. The Morgan fingerprint density at radius 1 is 1.21 bits per heavy atom. The molecule has 1 aromatic carbocycles. The molecule has 2 N–H and O–H groups in total. The molecular formula is C17H27NO. The van der Waals surface area contributed by atoms with Gasteiger partial charge in [0.2, 0.25) is 0 Å². The van der Waals surface area contributed by atoms with Crippen molar-refractivity contribution in [2.24, 2.45) is 5.92 Å². The topological polar surface area (TPSA) is 32.3 Å². The van der Waals surface area contributed by atoms with Gasteiger partial charge in [-0.05, 0) is 48.3 Å². The van der Waals surface area contributed by atoms with Crippen molar-refractivity contribution in [2.45, 2.75) is 51.5 Å². The minimum absolute atomic E-state index is 0.226. The number of nitrogens with one attached hydrogen (secondary N) is 1. The van der Waals surface area contributed by atoms with Gasteiger partial charge in [0.15, 0.2) is 0 Å². The third-order valence-corrected chi connectivity index (χ3v) is 4.16. The first-order valence-corrected chi connectivity index (χ1v) is 7.42. The van der Waals surface area contributed by atoms with Crippen molar-refractivity contribution in [1.82, 2.24) is 5.32 Å². The van der Waals surface area contributed by atoms with E-state index < -0.39 is 0 Å². The van der Waals surface area contributed by atoms with Crippen LogP contribution in [0.5, 0.6) is 0 Å². The molecule has 0 spiro atoms. The average Bonchev–Trinajstić information content (AvgIpc) is 2.38. The fourth-order valence-electron chi connectivity index (χ4n) is 2.84. The van der Waals surface area contributed by atoms with Crippen LogP contribution in [0.3, 0.4) is 0 Å². The van der Waals surface area contributed by atoms with Crippen LogP contribution in [0.1, 0.15) is 44.7 Å². The molecule has 1 fully saturated rings. The molecule has 1 aromatic rings. The maximum atomic E-state index is 9.27. The molecule has 2 unspecified atom stereocenters. The van der Waals surface area contributed by atoms with Crippen LogP contribution in [0.25, 0.3) is 0 Å². The number of aliphatic hydroxyl groups is 1. The molecular weight excluding hydrogens is 234 g/mol. The quantitative estimate of drug-likeness (QED) is 0.877. The normalized spacial score (nSPS) is 24.4. The van der Waals surface area contributed by atoms with Crippen molar-refractivity contribution < 1.29 is 5.11 Å². The molecule has 1 aliphatic rings. The lowest BCUT2D eigenvalue weighted by Gasteiger charge is -2.29. The van der Waals surface area contributed by atoms with Crippen molar-refractivity contribution >= 4 is 0 Å². The van der Waals surface area contributed by atoms with E-state index in [0.29, 0.717) is 18.6 Å². The van der Waals surface area contributed by atoms with Crippen LogP contribution in [-0.2, 0) is 11.8 Å². The van der Waals surface area contributed by atoms with Gasteiger partial charge in [-0.15, -0.1) is 0 Å². The molecule has 0 aliphatic carbocycles. The van der Waals surface area contributed by atoms with Gasteiger partial charge in [-0.25, -0.2) is 0 Å². The van der Waals surface area contributed by atoms with E-state index in [2.05, 4.69) is 50.4 Å². The third kappa shape index (κ3) is 4.05. The van der Waals surface area contributed by atoms with Gasteiger partial charge in [-0.2, -0.15) is 0 Å². The highest BCUT2D eigenvalue weighted by Gasteiger charge is 2.21. The van der Waals surface area contributed by atoms with Crippen LogP contribution in [0.15, 0.2) is 24.3 Å². The molecule has 1 saturated heterocycles. The van der Waals surface area contributed by atoms with Gasteiger partial charge in [0, 0.05) is 12.6 Å². The summed E-state index contributed by atoms with van der Waals surface area (Å²) in [6.45, 7) is 8.11. The van der Waals surface area contributed by atoms with E-state index >= 15 is 0 Å². The predicted molar refractivity (Wildman–Crippen MR) is 80.4 cm³/mol. The van der Waals surface area contributed by atoms with Crippen LogP contribution in [0, 0.1) is 5.92 Å². The Hall–Kier alpha value is -0.860. The molecule has 2 atom stereocenters. The first kappa shape index (κ1) is 14.5. The maximum absolute atomic E-state index is 9.27. The second-order valence-electron chi connectivity index (χ2n) is 6.88. The van der Waals surface area contributed by atoms with Gasteiger partial charge in [0.1, 0.15) is 0 Å². The lowest BCUT2D eigenvalue weighted by molar-refractivity contribution is 0.175. The van der Waals surface area contributed by atoms with E-state index in [1.807, 2.05) is 0 Å². The molecule has 1 aliphatic heterocycles. The second-order valence-corrected chi connectivity index (χ2v) is 6.88. The lowest BCUT2D eigenvalue weighted by atomic mass is 9.85. The largest absolute Gasteiger partial charge is 0.396 e. The average molecular weight is 261 g/mol. The number of rotatable bonds is 3. The van der Waals surface area contributed by atoms with E-state index in [0.717, 1.165) is 25.8 Å². The van der Waals surface area contributed by atoms with Gasteiger partial charge in [-0.3, -0.25) is 0 Å². The van der Waals surface area contributed by atoms with Crippen LogP contribution >= 0.6 is 0 Å². The van der Waals surface area contributed by atoms with E-state index in [-0.39, 0.29) is 5.41 Å². The fraction of sp³-hybridized carbons (Fsp3) is 0.647. The Morgan fingerprint density at radius 3 is 2.47 bits per heavy atom. The summed E-state index contributed by atoms with van der Waals surface area (Å²) in [4.78, 5) is 0. The molecule has 1 heterocycles. The minimum atomic E-state index is 0.226. The minimum Gasteiger partial charge on any atom is -0.396 e. The smallest absolute Gasteiger partial charge is 0.0460 e. The molecule has 106 valence electrons. The van der Waals surface area contributed by atoms with Gasteiger partial charge >= 0.3 is 0 Å². The van der Waals surface area contributed by atoms with Crippen LogP contribution in [-0.4, -0.2) is 24.3 Å². The van der Waals surface area contributed by atoms with Crippen molar-refractivity contribution in [3.05, 3.63) is 35.4 Å². The van der Waals surface area contributed by atoms with Gasteiger partial charge in [0.25, 0.3) is 0 Å². The lowest BCUT2D eigenvalue weighted by Crippen LogP contribution is -2.40. The Morgan fingerprint density at radius 2 is 1.89 bits per heavy atom. The van der Waals surface area contributed by atoms with E-state index in [9.17, 15) is 5.11 Å². The first-order chi connectivity index (χ1) is 8.99. The molecule has 0 saturated carbocycles. The number of hydrogen-bond donors (Lipinski definition) is 2. The second kappa shape index (κ2) is 6.06. The van der Waals surface area contributed by atoms with Gasteiger partial charge in [0.05, 0.1) is 0 Å². The molecule has 0 bridgehead atoms. The van der Waals surface area contributed by atoms with Crippen molar-refractivity contribution in [3.63, 3.8) is 0 Å². The summed E-state index contributed by atoms with van der Waals surface area (Å²) in [5.74, 6) is 0.486. The summed E-state index contributed by atoms with van der Waals surface area (Å²) >= 11 is 0. The van der Waals surface area contributed by atoms with Crippen molar-refractivity contribution in [2.75, 3.05) is 13.2 Å². The highest BCUT2D eigenvalue weighted by molar-refractivity contribution is 5.28. The highest BCUT2D eigenvalue weighted by atomic mass is 16.3. The Kier molecular flexibility index (Phi) is 4.64. The standard InChI is InChI=1S/C17H27NO/c1-17(2,3)15-6-4-13(5-7-15)10-16-11-14(12-19)8-9-18-16/h4-7,14,16,18-19H,8-12H2,1-3H3. The van der Waals surface area contributed by atoms with E-state index in [4.69, 9.17) is 0 Å². The summed E-state index contributed by atoms with van der Waals surface area (Å²) in [6.07, 6.45) is 3.27. The van der Waals surface area contributed by atoms with Crippen molar-refractivity contribution in [1.29, 1.82) is 0 Å². The van der Waals surface area contributed by atoms with Gasteiger partial charge < -0.3 is 10.4 Å².